The summed E-state index contributed by atoms with van der Waals surface area (Å²) in [5.74, 6) is -2.75. The number of ether oxygens (including phenoxy) is 1. The van der Waals surface area contributed by atoms with E-state index in [0.717, 1.165) is 43.5 Å². The first-order chi connectivity index (χ1) is 15.9. The Morgan fingerprint density at radius 1 is 1.09 bits per heavy atom. The molecule has 2 aliphatic rings. The predicted octanol–water partition coefficient (Wildman–Crippen LogP) is 2.76. The van der Waals surface area contributed by atoms with Gasteiger partial charge in [0.05, 0.1) is 22.8 Å². The Hall–Kier alpha value is -3.06. The molecule has 0 spiro atoms. The van der Waals surface area contributed by atoms with Gasteiger partial charge in [-0.2, -0.15) is 13.2 Å². The second-order valence-electron chi connectivity index (χ2n) is 7.56. The number of halogens is 4. The molecule has 2 heterocycles. The number of aryl methyl sites for hydroxylation is 1. The lowest BCUT2D eigenvalue weighted by Gasteiger charge is -2.36. The van der Waals surface area contributed by atoms with E-state index in [2.05, 4.69) is 10.2 Å². The third kappa shape index (κ3) is 5.70. The number of anilines is 2. The van der Waals surface area contributed by atoms with E-state index in [9.17, 15) is 26.0 Å². The van der Waals surface area contributed by atoms with Crippen LogP contribution in [0.5, 0.6) is 5.75 Å². The standard InChI is InChI=1S/C19H22FN3O3S.C2HF3O2/c1-14-11-17(22-7-5-21-6-8-22)19-18(12-14)23(9-10-26-19)27(24,25)16-4-2-3-15(20)13-16;3-2(4,5)1(6)7/h2-4,11-13,21H,5-10H2,1H3;(H,6,7). The number of aliphatic carboxylic acids is 1. The van der Waals surface area contributed by atoms with Crippen LogP contribution in [0.1, 0.15) is 5.56 Å². The molecule has 4 rings (SSSR count). The average molecular weight is 505 g/mol. The van der Waals surface area contributed by atoms with Gasteiger partial charge >= 0.3 is 12.1 Å². The Morgan fingerprint density at radius 2 is 1.71 bits per heavy atom. The number of piperazine rings is 1. The van der Waals surface area contributed by atoms with E-state index in [1.807, 2.05) is 19.1 Å². The van der Waals surface area contributed by atoms with Gasteiger partial charge in [0, 0.05) is 26.2 Å². The van der Waals surface area contributed by atoms with Crippen LogP contribution < -0.4 is 19.3 Å². The summed E-state index contributed by atoms with van der Waals surface area (Å²) in [5.41, 5.74) is 2.37. The second-order valence-corrected chi connectivity index (χ2v) is 9.42. The van der Waals surface area contributed by atoms with Crippen molar-refractivity contribution in [2.24, 2.45) is 0 Å². The van der Waals surface area contributed by atoms with Crippen LogP contribution in [0.25, 0.3) is 0 Å². The van der Waals surface area contributed by atoms with E-state index in [1.165, 1.54) is 22.5 Å². The van der Waals surface area contributed by atoms with Crippen LogP contribution in [0.15, 0.2) is 41.3 Å². The molecule has 8 nitrogen and oxygen atoms in total. The lowest BCUT2D eigenvalue weighted by molar-refractivity contribution is -0.192. The fraction of sp³-hybridized carbons (Fsp3) is 0.381. The van der Waals surface area contributed by atoms with E-state index in [-0.39, 0.29) is 18.0 Å². The Morgan fingerprint density at radius 3 is 2.29 bits per heavy atom. The number of carboxylic acids is 1. The molecule has 1 fully saturated rings. The molecule has 2 aromatic carbocycles. The highest BCUT2D eigenvalue weighted by Gasteiger charge is 2.38. The molecular weight excluding hydrogens is 482 g/mol. The molecule has 2 aliphatic heterocycles. The molecule has 0 aromatic heterocycles. The molecule has 0 atom stereocenters. The summed E-state index contributed by atoms with van der Waals surface area (Å²) in [6.07, 6.45) is -5.08. The third-order valence-corrected chi connectivity index (χ3v) is 6.90. The van der Waals surface area contributed by atoms with Crippen molar-refractivity contribution in [1.82, 2.24) is 5.32 Å². The number of rotatable bonds is 3. The first-order valence-electron chi connectivity index (χ1n) is 10.2. The minimum atomic E-state index is -5.08. The van der Waals surface area contributed by atoms with E-state index < -0.39 is 28.0 Å². The topological polar surface area (TPSA) is 99.2 Å². The van der Waals surface area contributed by atoms with Gasteiger partial charge in [-0.3, -0.25) is 4.31 Å². The number of nitrogens with zero attached hydrogens (tertiary/aromatic N) is 2. The molecule has 1 saturated heterocycles. The van der Waals surface area contributed by atoms with Crippen molar-refractivity contribution in [1.29, 1.82) is 0 Å². The van der Waals surface area contributed by atoms with Crippen molar-refractivity contribution in [2.75, 3.05) is 48.5 Å². The Bertz CT molecular complexity index is 1150. The number of hydrogen-bond donors (Lipinski definition) is 2. The van der Waals surface area contributed by atoms with Crippen LogP contribution in [0.4, 0.5) is 28.9 Å². The summed E-state index contributed by atoms with van der Waals surface area (Å²) >= 11 is 0. The van der Waals surface area contributed by atoms with Crippen molar-refractivity contribution in [3.63, 3.8) is 0 Å². The number of alkyl halides is 3. The smallest absolute Gasteiger partial charge is 0.487 e. The van der Waals surface area contributed by atoms with Gasteiger partial charge in [0.15, 0.2) is 5.75 Å². The highest BCUT2D eigenvalue weighted by Crippen LogP contribution is 2.43. The lowest BCUT2D eigenvalue weighted by Crippen LogP contribution is -2.44. The molecule has 0 radical (unpaired) electrons. The van der Waals surface area contributed by atoms with Crippen LogP contribution >= 0.6 is 0 Å². The summed E-state index contributed by atoms with van der Waals surface area (Å²) in [6, 6.07) is 8.96. The largest absolute Gasteiger partial charge is 0.490 e. The average Bonchev–Trinajstić information content (AvgIpc) is 2.78. The summed E-state index contributed by atoms with van der Waals surface area (Å²) in [5, 5.41) is 10.4. The maximum absolute atomic E-state index is 13.6. The molecule has 0 aliphatic carbocycles. The summed E-state index contributed by atoms with van der Waals surface area (Å²) in [6.45, 7) is 5.78. The number of carboxylic acid groups (broad SMARTS) is 1. The van der Waals surface area contributed by atoms with Crippen LogP contribution in [0.2, 0.25) is 0 Å². The predicted molar refractivity (Wildman–Crippen MR) is 116 cm³/mol. The minimum absolute atomic E-state index is 0.0550. The Labute approximate surface area is 193 Å². The zero-order valence-electron chi connectivity index (χ0n) is 18.1. The first kappa shape index (κ1) is 25.6. The zero-order valence-corrected chi connectivity index (χ0v) is 18.9. The number of carbonyl (C=O) groups is 1. The number of nitrogens with one attached hydrogen (secondary N) is 1. The fourth-order valence-electron chi connectivity index (χ4n) is 3.56. The molecule has 0 saturated carbocycles. The van der Waals surface area contributed by atoms with Crippen molar-refractivity contribution in [3.8, 4) is 5.75 Å². The van der Waals surface area contributed by atoms with Gasteiger partial charge in [-0.05, 0) is 42.8 Å². The first-order valence-corrected chi connectivity index (χ1v) is 11.7. The van der Waals surface area contributed by atoms with Crippen LogP contribution in [-0.4, -0.2) is 65.0 Å². The van der Waals surface area contributed by atoms with E-state index in [1.54, 1.807) is 0 Å². The Balaban J connectivity index is 0.000000406. The number of benzene rings is 2. The van der Waals surface area contributed by atoms with Gasteiger partial charge in [0.1, 0.15) is 12.4 Å². The third-order valence-electron chi connectivity index (χ3n) is 5.09. The van der Waals surface area contributed by atoms with Crippen molar-refractivity contribution >= 4 is 27.4 Å². The second kappa shape index (κ2) is 10.1. The molecule has 13 heteroatoms. The molecule has 0 unspecified atom stereocenters. The van der Waals surface area contributed by atoms with Gasteiger partial charge in [-0.1, -0.05) is 6.07 Å². The highest BCUT2D eigenvalue weighted by molar-refractivity contribution is 7.92. The molecule has 2 N–H and O–H groups in total. The van der Waals surface area contributed by atoms with Crippen LogP contribution in [0.3, 0.4) is 0 Å². The number of fused-ring (bicyclic) bond motifs is 1. The summed E-state index contributed by atoms with van der Waals surface area (Å²) in [7, 11) is -3.88. The van der Waals surface area contributed by atoms with Crippen molar-refractivity contribution < 1.29 is 40.6 Å². The number of sulfonamides is 1. The van der Waals surface area contributed by atoms with Crippen molar-refractivity contribution in [3.05, 3.63) is 47.8 Å². The van der Waals surface area contributed by atoms with E-state index >= 15 is 0 Å². The molecule has 186 valence electrons. The van der Waals surface area contributed by atoms with Gasteiger partial charge in [0.2, 0.25) is 0 Å². The molecule has 34 heavy (non-hydrogen) atoms. The van der Waals surface area contributed by atoms with Gasteiger partial charge in [-0.15, -0.1) is 0 Å². The van der Waals surface area contributed by atoms with Crippen LogP contribution in [-0.2, 0) is 14.8 Å². The summed E-state index contributed by atoms with van der Waals surface area (Å²) in [4.78, 5) is 11.0. The monoisotopic (exact) mass is 505 g/mol. The zero-order chi connectivity index (χ0) is 25.1. The molecule has 0 bridgehead atoms. The van der Waals surface area contributed by atoms with Crippen molar-refractivity contribution in [2.45, 2.75) is 18.0 Å². The molecular formula is C21H23F4N3O5S. The molecule has 2 aromatic rings. The number of hydrogen-bond acceptors (Lipinski definition) is 6. The highest BCUT2D eigenvalue weighted by atomic mass is 32.2. The van der Waals surface area contributed by atoms with Crippen LogP contribution in [0, 0.1) is 12.7 Å². The van der Waals surface area contributed by atoms with Gasteiger partial charge in [0.25, 0.3) is 10.0 Å². The van der Waals surface area contributed by atoms with Gasteiger partial charge in [-0.25, -0.2) is 17.6 Å². The van der Waals surface area contributed by atoms with Gasteiger partial charge < -0.3 is 20.1 Å². The minimum Gasteiger partial charge on any atom is -0.487 e. The Kier molecular flexibility index (Phi) is 7.56. The molecule has 0 amide bonds. The maximum Gasteiger partial charge on any atom is 0.490 e. The SMILES string of the molecule is Cc1cc(N2CCNCC2)c2c(c1)N(S(=O)(=O)c1cccc(F)c1)CCO2.O=C(O)C(F)(F)F. The maximum atomic E-state index is 13.6. The summed E-state index contributed by atoms with van der Waals surface area (Å²) < 4.78 is 78.9. The van der Waals surface area contributed by atoms with E-state index in [4.69, 9.17) is 14.6 Å². The fourth-order valence-corrected chi connectivity index (χ4v) is 5.04. The van der Waals surface area contributed by atoms with E-state index in [0.29, 0.717) is 11.4 Å². The quantitative estimate of drug-likeness (QED) is 0.619. The lowest BCUT2D eigenvalue weighted by atomic mass is 10.1. The normalized spacial score (nSPS) is 16.1.